The van der Waals surface area contributed by atoms with Crippen LogP contribution < -0.4 is 0 Å². The Bertz CT molecular complexity index is 1240. The average molecular weight is 505 g/mol. The first-order chi connectivity index (χ1) is 16.8. The third-order valence-electron chi connectivity index (χ3n) is 6.00. The number of hydrogen-bond acceptors (Lipinski definition) is 7. The molecule has 2 heterocycles. The molecule has 0 saturated carbocycles. The van der Waals surface area contributed by atoms with Crippen molar-refractivity contribution in [1.29, 1.82) is 0 Å². The minimum absolute atomic E-state index is 0.0339. The van der Waals surface area contributed by atoms with Crippen molar-refractivity contribution in [1.82, 2.24) is 9.21 Å². The minimum atomic E-state index is -3.74. The lowest BCUT2D eigenvalue weighted by Gasteiger charge is -2.26. The number of methoxy groups -OCH3 is 1. The molecule has 11 heteroatoms. The third kappa shape index (κ3) is 4.85. The molecule has 1 N–H and O–H groups in total. The molecular formula is C24H25FN2O7S. The summed E-state index contributed by atoms with van der Waals surface area (Å²) in [4.78, 5) is 27.0. The average Bonchev–Trinajstić information content (AvgIpc) is 3.13. The van der Waals surface area contributed by atoms with Crippen molar-refractivity contribution in [3.63, 3.8) is 0 Å². The Morgan fingerprint density at radius 1 is 1.09 bits per heavy atom. The second-order valence-corrected chi connectivity index (χ2v) is 10.0. The van der Waals surface area contributed by atoms with Crippen LogP contribution in [0.15, 0.2) is 59.0 Å². The number of halogens is 1. The molecule has 2 aliphatic heterocycles. The Hall–Kier alpha value is -3.12. The van der Waals surface area contributed by atoms with E-state index in [1.807, 2.05) is 0 Å². The summed E-state index contributed by atoms with van der Waals surface area (Å²) < 4.78 is 50.9. The number of amides is 1. The molecule has 0 unspecified atom stereocenters. The molecule has 2 fully saturated rings. The lowest BCUT2D eigenvalue weighted by Crippen LogP contribution is -2.40. The number of benzene rings is 2. The summed E-state index contributed by atoms with van der Waals surface area (Å²) in [5, 5.41) is 11.1. The molecule has 35 heavy (non-hydrogen) atoms. The molecule has 4 rings (SSSR count). The molecule has 2 aromatic rings. The molecular weight excluding hydrogens is 479 g/mol. The number of ether oxygens (including phenoxy) is 2. The molecule has 2 aromatic carbocycles. The Morgan fingerprint density at radius 3 is 2.31 bits per heavy atom. The fourth-order valence-corrected chi connectivity index (χ4v) is 5.58. The highest BCUT2D eigenvalue weighted by Crippen LogP contribution is 2.39. The van der Waals surface area contributed by atoms with Crippen LogP contribution in [0.25, 0.3) is 5.76 Å². The molecule has 1 amide bonds. The molecule has 1 atom stereocenters. The van der Waals surface area contributed by atoms with Gasteiger partial charge < -0.3 is 19.5 Å². The molecule has 2 aliphatic rings. The third-order valence-corrected chi connectivity index (χ3v) is 7.91. The zero-order chi connectivity index (χ0) is 25.2. The number of carbonyl (C=O) groups is 2. The predicted molar refractivity (Wildman–Crippen MR) is 123 cm³/mol. The van der Waals surface area contributed by atoms with Crippen molar-refractivity contribution in [3.8, 4) is 0 Å². The number of morpholine rings is 1. The summed E-state index contributed by atoms with van der Waals surface area (Å²) in [7, 11) is -2.29. The van der Waals surface area contributed by atoms with Crippen molar-refractivity contribution in [2.45, 2.75) is 10.9 Å². The lowest BCUT2D eigenvalue weighted by atomic mass is 9.95. The summed E-state index contributed by atoms with van der Waals surface area (Å²) in [6, 6.07) is 9.78. The second kappa shape index (κ2) is 10.2. The maximum atomic E-state index is 13.5. The van der Waals surface area contributed by atoms with Gasteiger partial charge in [0.1, 0.15) is 11.6 Å². The fraction of sp³-hybridized carbons (Fsp3) is 0.333. The first-order valence-electron chi connectivity index (χ1n) is 11.0. The van der Waals surface area contributed by atoms with Crippen LogP contribution in [0.1, 0.15) is 17.2 Å². The molecule has 9 nitrogen and oxygen atoms in total. The van der Waals surface area contributed by atoms with Gasteiger partial charge in [0, 0.05) is 32.3 Å². The molecule has 0 radical (unpaired) electrons. The molecule has 0 bridgehead atoms. The normalized spacial score (nSPS) is 21.0. The Morgan fingerprint density at radius 2 is 1.71 bits per heavy atom. The van der Waals surface area contributed by atoms with E-state index in [0.29, 0.717) is 18.8 Å². The highest BCUT2D eigenvalue weighted by atomic mass is 32.2. The largest absolute Gasteiger partial charge is 0.507 e. The van der Waals surface area contributed by atoms with Gasteiger partial charge in [0.25, 0.3) is 11.7 Å². The van der Waals surface area contributed by atoms with Crippen LogP contribution >= 0.6 is 0 Å². The van der Waals surface area contributed by atoms with Gasteiger partial charge in [0.15, 0.2) is 0 Å². The minimum Gasteiger partial charge on any atom is -0.507 e. The van der Waals surface area contributed by atoms with Crippen LogP contribution in [0.2, 0.25) is 0 Å². The first-order valence-corrected chi connectivity index (χ1v) is 12.4. The number of rotatable bonds is 7. The van der Waals surface area contributed by atoms with Gasteiger partial charge in [-0.15, -0.1) is 0 Å². The first kappa shape index (κ1) is 25.0. The lowest BCUT2D eigenvalue weighted by molar-refractivity contribution is -0.140. The monoisotopic (exact) mass is 504 g/mol. The molecule has 0 aliphatic carbocycles. The van der Waals surface area contributed by atoms with E-state index in [1.165, 1.54) is 64.8 Å². The van der Waals surface area contributed by atoms with E-state index in [4.69, 9.17) is 9.47 Å². The van der Waals surface area contributed by atoms with E-state index >= 15 is 0 Å². The van der Waals surface area contributed by atoms with Crippen LogP contribution in [0.5, 0.6) is 0 Å². The van der Waals surface area contributed by atoms with E-state index in [1.54, 1.807) is 0 Å². The summed E-state index contributed by atoms with van der Waals surface area (Å²) in [5.74, 6) is -2.64. The summed E-state index contributed by atoms with van der Waals surface area (Å²) >= 11 is 0. The number of aliphatic hydroxyl groups excluding tert-OH is 1. The van der Waals surface area contributed by atoms with Crippen molar-refractivity contribution < 1.29 is 37.0 Å². The van der Waals surface area contributed by atoms with Crippen LogP contribution in [-0.2, 0) is 29.1 Å². The van der Waals surface area contributed by atoms with Gasteiger partial charge in [-0.1, -0.05) is 12.1 Å². The smallest absolute Gasteiger partial charge is 0.295 e. The van der Waals surface area contributed by atoms with E-state index in [9.17, 15) is 27.5 Å². The highest BCUT2D eigenvalue weighted by molar-refractivity contribution is 7.89. The van der Waals surface area contributed by atoms with Crippen molar-refractivity contribution in [2.24, 2.45) is 0 Å². The van der Waals surface area contributed by atoms with E-state index in [0.717, 1.165) is 0 Å². The maximum Gasteiger partial charge on any atom is 0.295 e. The number of carbonyl (C=O) groups excluding carboxylic acids is 2. The second-order valence-electron chi connectivity index (χ2n) is 8.08. The van der Waals surface area contributed by atoms with Crippen molar-refractivity contribution >= 4 is 27.5 Å². The number of sulfonamides is 1. The standard InChI is InChI=1S/C24H25FN2O7S/c1-33-13-12-27-21(16-2-6-18(25)7-3-16)20(23(29)24(27)30)22(28)17-4-8-19(9-5-17)35(31,32)26-10-14-34-15-11-26/h2-9,21,28H,10-15H2,1H3/b22-20+/t21-/m0/s1. The number of aliphatic hydroxyl groups is 1. The van der Waals surface area contributed by atoms with Crippen molar-refractivity contribution in [2.75, 3.05) is 46.6 Å². The SMILES string of the molecule is COCCN1C(=O)C(=O)/C(=C(/O)c2ccc(S(=O)(=O)N3CCOCC3)cc2)[C@@H]1c1ccc(F)cc1. The molecule has 0 aromatic heterocycles. The quantitative estimate of drug-likeness (QED) is 0.348. The Labute approximate surface area is 202 Å². The maximum absolute atomic E-state index is 13.5. The van der Waals surface area contributed by atoms with E-state index in [2.05, 4.69) is 0 Å². The van der Waals surface area contributed by atoms with Gasteiger partial charge in [-0.05, 0) is 42.0 Å². The fourth-order valence-electron chi connectivity index (χ4n) is 4.17. The van der Waals surface area contributed by atoms with Gasteiger partial charge in [-0.3, -0.25) is 9.59 Å². The van der Waals surface area contributed by atoms with Gasteiger partial charge in [-0.25, -0.2) is 12.8 Å². The van der Waals surface area contributed by atoms with E-state index in [-0.39, 0.29) is 42.3 Å². The highest BCUT2D eigenvalue weighted by Gasteiger charge is 2.45. The molecule has 2 saturated heterocycles. The van der Waals surface area contributed by atoms with Crippen LogP contribution in [0, 0.1) is 5.82 Å². The zero-order valence-corrected chi connectivity index (χ0v) is 19.8. The number of likely N-dealkylation sites (tertiary alicyclic amines) is 1. The predicted octanol–water partition coefficient (Wildman–Crippen LogP) is 1.91. The van der Waals surface area contributed by atoms with Gasteiger partial charge in [0.2, 0.25) is 10.0 Å². The Kier molecular flexibility index (Phi) is 7.31. The number of hydrogen-bond donors (Lipinski definition) is 1. The summed E-state index contributed by atoms with van der Waals surface area (Å²) in [6.07, 6.45) is 0. The summed E-state index contributed by atoms with van der Waals surface area (Å²) in [6.45, 7) is 1.34. The van der Waals surface area contributed by atoms with Crippen molar-refractivity contribution in [3.05, 3.63) is 71.0 Å². The van der Waals surface area contributed by atoms with Gasteiger partial charge in [0.05, 0.1) is 36.3 Å². The molecule has 186 valence electrons. The Balaban J connectivity index is 1.73. The topological polar surface area (TPSA) is 113 Å². The van der Waals surface area contributed by atoms with Crippen LogP contribution in [-0.4, -0.2) is 81.0 Å². The van der Waals surface area contributed by atoms with Gasteiger partial charge >= 0.3 is 0 Å². The number of ketones is 1. The molecule has 0 spiro atoms. The number of nitrogens with zero attached hydrogens (tertiary/aromatic N) is 2. The van der Waals surface area contributed by atoms with Gasteiger partial charge in [-0.2, -0.15) is 4.31 Å². The zero-order valence-electron chi connectivity index (χ0n) is 19.0. The van der Waals surface area contributed by atoms with Crippen LogP contribution in [0.4, 0.5) is 4.39 Å². The summed E-state index contributed by atoms with van der Waals surface area (Å²) in [5.41, 5.74) is 0.444. The van der Waals surface area contributed by atoms with Crippen LogP contribution in [0.3, 0.4) is 0 Å². The van der Waals surface area contributed by atoms with E-state index < -0.39 is 39.3 Å². The number of Topliss-reactive ketones (excluding diaryl/α,β-unsaturated/α-hetero) is 1.